The van der Waals surface area contributed by atoms with Crippen molar-refractivity contribution in [2.75, 3.05) is 12.4 Å². The molecule has 1 saturated carbocycles. The fourth-order valence-electron chi connectivity index (χ4n) is 2.09. The molecule has 0 spiro atoms. The molecule has 1 aromatic carbocycles. The van der Waals surface area contributed by atoms with Crippen molar-refractivity contribution in [2.45, 2.75) is 25.2 Å². The zero-order chi connectivity index (χ0) is 12.5. The maximum absolute atomic E-state index is 11.8. The van der Waals surface area contributed by atoms with Crippen LogP contribution in [0.5, 0.6) is 0 Å². The van der Waals surface area contributed by atoms with Gasteiger partial charge in [0.05, 0.1) is 5.41 Å². The summed E-state index contributed by atoms with van der Waals surface area (Å²) in [5, 5.41) is 5.41. The van der Waals surface area contributed by atoms with Gasteiger partial charge in [-0.15, -0.1) is 0 Å². The highest BCUT2D eigenvalue weighted by molar-refractivity contribution is 5.92. The van der Waals surface area contributed by atoms with Gasteiger partial charge in [0.2, 0.25) is 11.8 Å². The number of hydrogen-bond donors (Lipinski definition) is 2. The first-order valence-electron chi connectivity index (χ1n) is 5.69. The molecule has 0 radical (unpaired) electrons. The van der Waals surface area contributed by atoms with E-state index in [0.29, 0.717) is 0 Å². The van der Waals surface area contributed by atoms with Crippen molar-refractivity contribution in [3.05, 3.63) is 29.8 Å². The van der Waals surface area contributed by atoms with Crippen molar-refractivity contribution in [2.24, 2.45) is 0 Å². The summed E-state index contributed by atoms with van der Waals surface area (Å²) in [5.74, 6) is -0.0186. The molecule has 1 aliphatic carbocycles. The number of rotatable bonds is 3. The largest absolute Gasteiger partial charge is 0.358 e. The van der Waals surface area contributed by atoms with E-state index in [0.717, 1.165) is 24.1 Å². The molecule has 4 nitrogen and oxygen atoms in total. The number of carbonyl (C=O) groups is 2. The second kappa shape index (κ2) is 4.20. The van der Waals surface area contributed by atoms with Crippen LogP contribution >= 0.6 is 0 Å². The predicted molar refractivity (Wildman–Crippen MR) is 65.7 cm³/mol. The highest BCUT2D eigenvalue weighted by Crippen LogP contribution is 2.48. The predicted octanol–water partition coefficient (Wildman–Crippen LogP) is 1.42. The molecule has 17 heavy (non-hydrogen) atoms. The summed E-state index contributed by atoms with van der Waals surface area (Å²) in [6.07, 6.45) is 1.79. The summed E-state index contributed by atoms with van der Waals surface area (Å²) in [7, 11) is 1.66. The molecule has 2 amide bonds. The quantitative estimate of drug-likeness (QED) is 0.828. The van der Waals surface area contributed by atoms with Crippen molar-refractivity contribution in [1.29, 1.82) is 0 Å². The number of hydrogen-bond acceptors (Lipinski definition) is 2. The van der Waals surface area contributed by atoms with Crippen molar-refractivity contribution < 1.29 is 9.59 Å². The SMILES string of the molecule is CNC(=O)C1(c2ccc(NC(C)=O)cc2)CC1. The van der Waals surface area contributed by atoms with Crippen LogP contribution in [0, 0.1) is 0 Å². The second-order valence-electron chi connectivity index (χ2n) is 4.42. The molecule has 90 valence electrons. The zero-order valence-electron chi connectivity index (χ0n) is 10.0. The maximum Gasteiger partial charge on any atom is 0.230 e. The Hall–Kier alpha value is -1.84. The Bertz CT molecular complexity index is 447. The van der Waals surface area contributed by atoms with E-state index in [1.54, 1.807) is 7.05 Å². The molecular formula is C13H16N2O2. The fraction of sp³-hybridized carbons (Fsp3) is 0.385. The van der Waals surface area contributed by atoms with Gasteiger partial charge in [-0.1, -0.05) is 12.1 Å². The van der Waals surface area contributed by atoms with Crippen LogP contribution in [0.25, 0.3) is 0 Å². The fourth-order valence-corrected chi connectivity index (χ4v) is 2.09. The van der Waals surface area contributed by atoms with Crippen molar-refractivity contribution >= 4 is 17.5 Å². The standard InChI is InChI=1S/C13H16N2O2/c1-9(16)15-11-5-3-10(4-6-11)13(7-8-13)12(17)14-2/h3-6H,7-8H2,1-2H3,(H,14,17)(H,15,16). The van der Waals surface area contributed by atoms with Crippen LogP contribution < -0.4 is 10.6 Å². The Morgan fingerprint density at radius 1 is 1.18 bits per heavy atom. The third kappa shape index (κ3) is 2.16. The number of benzene rings is 1. The Balaban J connectivity index is 2.18. The first-order valence-corrected chi connectivity index (χ1v) is 5.69. The van der Waals surface area contributed by atoms with Gasteiger partial charge in [-0.2, -0.15) is 0 Å². The molecule has 2 rings (SSSR count). The van der Waals surface area contributed by atoms with Crippen LogP contribution in [-0.4, -0.2) is 18.9 Å². The lowest BCUT2D eigenvalue weighted by atomic mass is 9.95. The van der Waals surface area contributed by atoms with E-state index < -0.39 is 0 Å². The molecular weight excluding hydrogens is 216 g/mol. The number of nitrogens with one attached hydrogen (secondary N) is 2. The van der Waals surface area contributed by atoms with E-state index in [1.165, 1.54) is 6.92 Å². The Kier molecular flexibility index (Phi) is 2.88. The van der Waals surface area contributed by atoms with Crippen molar-refractivity contribution in [1.82, 2.24) is 5.32 Å². The van der Waals surface area contributed by atoms with E-state index in [1.807, 2.05) is 24.3 Å². The molecule has 0 aliphatic heterocycles. The topological polar surface area (TPSA) is 58.2 Å². The highest BCUT2D eigenvalue weighted by atomic mass is 16.2. The summed E-state index contributed by atoms with van der Waals surface area (Å²) in [6, 6.07) is 7.49. The lowest BCUT2D eigenvalue weighted by Crippen LogP contribution is -2.31. The van der Waals surface area contributed by atoms with Crippen LogP contribution in [0.2, 0.25) is 0 Å². The first kappa shape index (κ1) is 11.6. The molecule has 0 atom stereocenters. The number of anilines is 1. The van der Waals surface area contributed by atoms with Gasteiger partial charge in [0.1, 0.15) is 0 Å². The van der Waals surface area contributed by atoms with Gasteiger partial charge in [0.15, 0.2) is 0 Å². The molecule has 1 aliphatic rings. The first-order chi connectivity index (χ1) is 8.08. The second-order valence-corrected chi connectivity index (χ2v) is 4.42. The third-order valence-electron chi connectivity index (χ3n) is 3.17. The monoisotopic (exact) mass is 232 g/mol. The molecule has 1 fully saturated rings. The molecule has 1 aromatic rings. The maximum atomic E-state index is 11.8. The Morgan fingerprint density at radius 3 is 2.18 bits per heavy atom. The van der Waals surface area contributed by atoms with Gasteiger partial charge in [-0.25, -0.2) is 0 Å². The number of amides is 2. The summed E-state index contributed by atoms with van der Waals surface area (Å²) in [4.78, 5) is 22.7. The van der Waals surface area contributed by atoms with Gasteiger partial charge in [-0.05, 0) is 30.5 Å². The van der Waals surface area contributed by atoms with E-state index in [-0.39, 0.29) is 17.2 Å². The van der Waals surface area contributed by atoms with Crippen LogP contribution in [0.15, 0.2) is 24.3 Å². The summed E-state index contributed by atoms with van der Waals surface area (Å²) in [6.45, 7) is 1.47. The van der Waals surface area contributed by atoms with E-state index in [4.69, 9.17) is 0 Å². The minimum Gasteiger partial charge on any atom is -0.358 e. The van der Waals surface area contributed by atoms with Gasteiger partial charge in [0, 0.05) is 19.7 Å². The summed E-state index contributed by atoms with van der Waals surface area (Å²) >= 11 is 0. The number of carbonyl (C=O) groups excluding carboxylic acids is 2. The average molecular weight is 232 g/mol. The Morgan fingerprint density at radius 2 is 1.76 bits per heavy atom. The van der Waals surface area contributed by atoms with Gasteiger partial charge in [0.25, 0.3) is 0 Å². The molecule has 2 N–H and O–H groups in total. The minimum atomic E-state index is -0.330. The molecule has 0 saturated heterocycles. The van der Waals surface area contributed by atoms with Crippen molar-refractivity contribution in [3.8, 4) is 0 Å². The van der Waals surface area contributed by atoms with Crippen LogP contribution in [-0.2, 0) is 15.0 Å². The van der Waals surface area contributed by atoms with Crippen LogP contribution in [0.4, 0.5) is 5.69 Å². The molecule has 0 aromatic heterocycles. The average Bonchev–Trinajstić information content (AvgIpc) is 3.09. The lowest BCUT2D eigenvalue weighted by Gasteiger charge is -2.14. The summed E-state index contributed by atoms with van der Waals surface area (Å²) in [5.41, 5.74) is 1.45. The minimum absolute atomic E-state index is 0.0739. The normalized spacial score (nSPS) is 16.1. The van der Waals surface area contributed by atoms with Crippen LogP contribution in [0.1, 0.15) is 25.3 Å². The van der Waals surface area contributed by atoms with Gasteiger partial charge in [-0.3, -0.25) is 9.59 Å². The molecule has 4 heteroatoms. The van der Waals surface area contributed by atoms with E-state index in [9.17, 15) is 9.59 Å². The lowest BCUT2D eigenvalue weighted by molar-refractivity contribution is -0.123. The summed E-state index contributed by atoms with van der Waals surface area (Å²) < 4.78 is 0. The molecule has 0 bridgehead atoms. The zero-order valence-corrected chi connectivity index (χ0v) is 10.0. The smallest absolute Gasteiger partial charge is 0.230 e. The number of likely N-dealkylation sites (N-methyl/N-ethyl adjacent to an activating group) is 1. The molecule has 0 unspecified atom stereocenters. The third-order valence-corrected chi connectivity index (χ3v) is 3.17. The van der Waals surface area contributed by atoms with E-state index in [2.05, 4.69) is 10.6 Å². The van der Waals surface area contributed by atoms with Gasteiger partial charge >= 0.3 is 0 Å². The van der Waals surface area contributed by atoms with Gasteiger partial charge < -0.3 is 10.6 Å². The van der Waals surface area contributed by atoms with Crippen molar-refractivity contribution in [3.63, 3.8) is 0 Å². The highest BCUT2D eigenvalue weighted by Gasteiger charge is 2.50. The Labute approximate surface area is 100 Å². The van der Waals surface area contributed by atoms with Crippen LogP contribution in [0.3, 0.4) is 0 Å². The molecule has 0 heterocycles. The van der Waals surface area contributed by atoms with E-state index >= 15 is 0 Å².